The van der Waals surface area contributed by atoms with Crippen molar-refractivity contribution in [2.75, 3.05) is 32.8 Å². The predicted octanol–water partition coefficient (Wildman–Crippen LogP) is 0.0265. The summed E-state index contributed by atoms with van der Waals surface area (Å²) >= 11 is 0. The Morgan fingerprint density at radius 2 is 1.93 bits per heavy atom. The van der Waals surface area contributed by atoms with Crippen molar-refractivity contribution in [3.05, 3.63) is 65.5 Å². The molecule has 0 aliphatic carbocycles. The van der Waals surface area contributed by atoms with Crippen LogP contribution in [0.2, 0.25) is 0 Å². The van der Waals surface area contributed by atoms with Gasteiger partial charge < -0.3 is 30.7 Å². The summed E-state index contributed by atoms with van der Waals surface area (Å²) in [5.74, 6) is -1.72. The van der Waals surface area contributed by atoms with Crippen molar-refractivity contribution in [1.29, 1.82) is 0 Å². The zero-order valence-corrected chi connectivity index (χ0v) is 22.1. The van der Waals surface area contributed by atoms with Gasteiger partial charge in [-0.05, 0) is 49.7 Å². The average molecular weight is 550 g/mol. The number of aromatic amines is 1. The number of nitrogens with zero attached hydrogens (tertiary/aromatic N) is 3. The Morgan fingerprint density at radius 3 is 2.67 bits per heavy atom. The van der Waals surface area contributed by atoms with Gasteiger partial charge in [0.15, 0.2) is 0 Å². The van der Waals surface area contributed by atoms with Gasteiger partial charge in [0.1, 0.15) is 29.8 Å². The van der Waals surface area contributed by atoms with E-state index >= 15 is 0 Å². The number of carbonyl (C=O) groups is 4. The highest BCUT2D eigenvalue weighted by atomic mass is 16.5. The molecule has 4 amide bonds. The maximum Gasteiger partial charge on any atom is 0.272 e. The van der Waals surface area contributed by atoms with Gasteiger partial charge >= 0.3 is 0 Å². The normalized spacial score (nSPS) is 18.0. The van der Waals surface area contributed by atoms with Crippen LogP contribution in [-0.4, -0.2) is 93.7 Å². The molecule has 3 heterocycles. The predicted molar refractivity (Wildman–Crippen MR) is 143 cm³/mol. The summed E-state index contributed by atoms with van der Waals surface area (Å²) < 4.78 is 5.76. The Balaban J connectivity index is 1.54. The zero-order valence-electron chi connectivity index (χ0n) is 22.1. The lowest BCUT2D eigenvalue weighted by molar-refractivity contribution is -0.125. The van der Waals surface area contributed by atoms with Gasteiger partial charge in [-0.3, -0.25) is 29.3 Å². The molecule has 40 heavy (non-hydrogen) atoms. The molecule has 4 rings (SSSR count). The number of aromatic nitrogens is 3. The number of hydrogen-bond donors (Lipinski definition) is 5. The number of carbonyl (C=O) groups excluding carboxylic acids is 4. The Morgan fingerprint density at radius 1 is 1.10 bits per heavy atom. The molecule has 1 aliphatic rings. The molecule has 5 N–H and O–H groups in total. The first kappa shape index (κ1) is 28.2. The monoisotopic (exact) mass is 549 g/mol. The van der Waals surface area contributed by atoms with Crippen LogP contribution in [0.3, 0.4) is 0 Å². The minimum Gasteiger partial charge on any atom is -0.491 e. The van der Waals surface area contributed by atoms with Crippen LogP contribution in [0.4, 0.5) is 0 Å². The molecule has 2 atom stereocenters. The number of rotatable bonds is 3. The summed E-state index contributed by atoms with van der Waals surface area (Å²) in [7, 11) is 0. The van der Waals surface area contributed by atoms with E-state index in [9.17, 15) is 24.3 Å². The van der Waals surface area contributed by atoms with Crippen molar-refractivity contribution in [2.45, 2.75) is 26.0 Å². The van der Waals surface area contributed by atoms with Crippen LogP contribution in [0.25, 0.3) is 11.4 Å². The Hall–Kier alpha value is -4.78. The fraction of sp³-hybridized carbons (Fsp3) is 0.333. The van der Waals surface area contributed by atoms with Gasteiger partial charge in [-0.15, -0.1) is 0 Å². The van der Waals surface area contributed by atoms with E-state index in [1.165, 1.54) is 24.0 Å². The number of aliphatic hydroxyl groups excluding tert-OH is 1. The van der Waals surface area contributed by atoms with E-state index in [-0.39, 0.29) is 44.0 Å². The van der Waals surface area contributed by atoms with E-state index in [2.05, 4.69) is 31.1 Å². The fourth-order valence-electron chi connectivity index (χ4n) is 4.03. The standard InChI is InChI=1S/C27H31N7O6/c1-16-6-7-18-13-22(16)40-12-10-29-23(36)15-34(11-9-30-26(38)24(17(2)35)31-25(18)37)27(39)21-14-20(32-33-21)19-5-3-4-8-28-19/h3-8,13-14,17,24,35H,9-12,15H2,1-2H3,(H,29,36)(H,30,38)(H,31,37)(H,32,33)/t17-,24+/m1/s1. The Labute approximate surface area is 230 Å². The lowest BCUT2D eigenvalue weighted by atomic mass is 10.1. The third kappa shape index (κ3) is 6.99. The first-order chi connectivity index (χ1) is 19.2. The minimum absolute atomic E-state index is 0.0348. The van der Waals surface area contributed by atoms with Gasteiger partial charge in [-0.1, -0.05) is 12.1 Å². The second kappa shape index (κ2) is 12.8. The molecule has 0 spiro atoms. The van der Waals surface area contributed by atoms with Crippen LogP contribution in [0, 0.1) is 6.92 Å². The quantitative estimate of drug-likeness (QED) is 0.304. The van der Waals surface area contributed by atoms with Gasteiger partial charge in [0.05, 0.1) is 24.9 Å². The summed E-state index contributed by atoms with van der Waals surface area (Å²) in [6.45, 7) is 3.10. The number of ether oxygens (including phenoxy) is 1. The number of hydrogen-bond acceptors (Lipinski definition) is 8. The van der Waals surface area contributed by atoms with Crippen LogP contribution < -0.4 is 20.7 Å². The van der Waals surface area contributed by atoms with Gasteiger partial charge in [-0.2, -0.15) is 5.10 Å². The largest absolute Gasteiger partial charge is 0.491 e. The van der Waals surface area contributed by atoms with Crippen molar-refractivity contribution in [1.82, 2.24) is 36.0 Å². The van der Waals surface area contributed by atoms with Crippen LogP contribution in [-0.2, 0) is 9.59 Å². The molecule has 2 bridgehead atoms. The van der Waals surface area contributed by atoms with E-state index in [1.807, 2.05) is 6.92 Å². The molecule has 0 fully saturated rings. The second-order valence-corrected chi connectivity index (χ2v) is 9.27. The number of aliphatic hydroxyl groups is 1. The molecular formula is C27H31N7O6. The molecular weight excluding hydrogens is 518 g/mol. The number of benzene rings is 1. The van der Waals surface area contributed by atoms with E-state index in [0.29, 0.717) is 17.1 Å². The second-order valence-electron chi connectivity index (χ2n) is 9.27. The van der Waals surface area contributed by atoms with Gasteiger partial charge in [-0.25, -0.2) is 0 Å². The number of aryl methyl sites for hydroxylation is 1. The molecule has 1 aromatic carbocycles. The van der Waals surface area contributed by atoms with Crippen molar-refractivity contribution < 1.29 is 29.0 Å². The van der Waals surface area contributed by atoms with Crippen molar-refractivity contribution >= 4 is 23.6 Å². The summed E-state index contributed by atoms with van der Waals surface area (Å²) in [6, 6.07) is 10.4. The highest BCUT2D eigenvalue weighted by Gasteiger charge is 2.27. The Kier molecular flexibility index (Phi) is 9.07. The highest BCUT2D eigenvalue weighted by molar-refractivity contribution is 5.98. The van der Waals surface area contributed by atoms with Crippen LogP contribution >= 0.6 is 0 Å². The fourth-order valence-corrected chi connectivity index (χ4v) is 4.03. The van der Waals surface area contributed by atoms with Crippen molar-refractivity contribution in [3.63, 3.8) is 0 Å². The van der Waals surface area contributed by atoms with Gasteiger partial charge in [0.25, 0.3) is 11.8 Å². The zero-order chi connectivity index (χ0) is 28.6. The molecule has 0 saturated heterocycles. The molecule has 13 heteroatoms. The average Bonchev–Trinajstić information content (AvgIpc) is 3.44. The SMILES string of the molecule is Cc1ccc2cc1OCCNC(=O)CN(C(=O)c1cc(-c3ccccn3)n[nH]1)CCNC(=O)[C@H]([C@@H](C)O)NC2=O. The topological polar surface area (TPSA) is 179 Å². The molecule has 0 unspecified atom stereocenters. The third-order valence-electron chi connectivity index (χ3n) is 6.22. The first-order valence-electron chi connectivity index (χ1n) is 12.8. The number of pyridine rings is 1. The number of amides is 4. The lowest BCUT2D eigenvalue weighted by Crippen LogP contribution is -2.53. The Bertz CT molecular complexity index is 1370. The first-order valence-corrected chi connectivity index (χ1v) is 12.8. The van der Waals surface area contributed by atoms with Crippen molar-refractivity contribution in [2.24, 2.45) is 0 Å². The van der Waals surface area contributed by atoms with Gasteiger partial charge in [0, 0.05) is 24.8 Å². The highest BCUT2D eigenvalue weighted by Crippen LogP contribution is 2.20. The third-order valence-corrected chi connectivity index (χ3v) is 6.22. The minimum atomic E-state index is -1.25. The van der Waals surface area contributed by atoms with Crippen molar-refractivity contribution in [3.8, 4) is 17.1 Å². The van der Waals surface area contributed by atoms with Crippen LogP contribution in [0.1, 0.15) is 33.3 Å². The summed E-state index contributed by atoms with van der Waals surface area (Å²) in [6.07, 6.45) is 0.405. The molecule has 210 valence electrons. The summed E-state index contributed by atoms with van der Waals surface area (Å²) in [4.78, 5) is 57.3. The molecule has 1 aliphatic heterocycles. The number of H-pyrrole nitrogens is 1. The summed E-state index contributed by atoms with van der Waals surface area (Å²) in [5.41, 5.74) is 2.18. The molecule has 3 aromatic rings. The van der Waals surface area contributed by atoms with E-state index in [0.717, 1.165) is 5.56 Å². The smallest absolute Gasteiger partial charge is 0.272 e. The lowest BCUT2D eigenvalue weighted by Gasteiger charge is -2.24. The number of nitrogens with one attached hydrogen (secondary N) is 4. The van der Waals surface area contributed by atoms with Crippen LogP contribution in [0.5, 0.6) is 5.75 Å². The maximum atomic E-state index is 13.3. The van der Waals surface area contributed by atoms with E-state index in [4.69, 9.17) is 4.74 Å². The molecule has 0 saturated carbocycles. The molecule has 0 radical (unpaired) electrons. The van der Waals surface area contributed by atoms with Crippen LogP contribution in [0.15, 0.2) is 48.7 Å². The maximum absolute atomic E-state index is 13.3. The molecule has 2 aromatic heterocycles. The van der Waals surface area contributed by atoms with E-state index < -0.39 is 35.8 Å². The summed E-state index contributed by atoms with van der Waals surface area (Å²) in [5, 5.41) is 24.9. The van der Waals surface area contributed by atoms with Gasteiger partial charge in [0.2, 0.25) is 11.8 Å². The van der Waals surface area contributed by atoms with E-state index in [1.54, 1.807) is 36.5 Å². The number of fused-ring (bicyclic) bond motifs is 2. The molecule has 13 nitrogen and oxygen atoms in total.